The van der Waals surface area contributed by atoms with Gasteiger partial charge < -0.3 is 5.73 Å². The third-order valence-electron chi connectivity index (χ3n) is 3.64. The van der Waals surface area contributed by atoms with Crippen LogP contribution in [0.4, 0.5) is 0 Å². The molecule has 0 aliphatic heterocycles. The maximum absolute atomic E-state index is 12.5. The van der Waals surface area contributed by atoms with Gasteiger partial charge in [-0.1, -0.05) is 59.6 Å². The van der Waals surface area contributed by atoms with Crippen LogP contribution >= 0.6 is 11.6 Å². The Bertz CT molecular complexity index is 627. The largest absolute Gasteiger partial charge is 0.323 e. The smallest absolute Gasteiger partial charge is 0.0516 e. The van der Waals surface area contributed by atoms with Gasteiger partial charge in [0.15, 0.2) is 0 Å². The second-order valence-corrected chi connectivity index (χ2v) is 7.46. The van der Waals surface area contributed by atoms with Crippen LogP contribution in [-0.4, -0.2) is 9.46 Å². The van der Waals surface area contributed by atoms with E-state index in [4.69, 9.17) is 17.3 Å². The Morgan fingerprint density at radius 3 is 2.38 bits per heavy atom. The van der Waals surface area contributed by atoms with E-state index in [2.05, 4.69) is 0 Å². The molecule has 0 aliphatic carbocycles. The number of aryl methyl sites for hydroxylation is 1. The number of hydrogen-bond donors (Lipinski definition) is 1. The summed E-state index contributed by atoms with van der Waals surface area (Å²) in [5, 5.41) is 0.519. The normalized spacial score (nSPS) is 15.4. The molecule has 0 saturated carbocycles. The van der Waals surface area contributed by atoms with Crippen LogP contribution in [0.15, 0.2) is 48.5 Å². The van der Waals surface area contributed by atoms with Gasteiger partial charge in [0.2, 0.25) is 0 Å². The third-order valence-corrected chi connectivity index (χ3v) is 5.73. The number of hydrogen-bond acceptors (Lipinski definition) is 2. The zero-order valence-electron chi connectivity index (χ0n) is 12.3. The van der Waals surface area contributed by atoms with Crippen LogP contribution in [0.5, 0.6) is 0 Å². The van der Waals surface area contributed by atoms with Crippen molar-refractivity contribution < 1.29 is 4.21 Å². The highest BCUT2D eigenvalue weighted by atomic mass is 35.5. The lowest BCUT2D eigenvalue weighted by atomic mass is 10.0. The van der Waals surface area contributed by atoms with Gasteiger partial charge in [0.05, 0.1) is 11.0 Å². The molecule has 0 aromatic heterocycles. The molecule has 0 amide bonds. The lowest BCUT2D eigenvalue weighted by Crippen LogP contribution is -2.28. The first-order valence-corrected chi connectivity index (χ1v) is 8.68. The maximum Gasteiger partial charge on any atom is 0.0516 e. The quantitative estimate of drug-likeness (QED) is 0.905. The molecule has 3 unspecified atom stereocenters. The molecule has 0 fully saturated rings. The molecule has 3 atom stereocenters. The molecule has 0 aliphatic rings. The summed E-state index contributed by atoms with van der Waals surface area (Å²) in [5.74, 6) is 0.431. The summed E-state index contributed by atoms with van der Waals surface area (Å²) in [7, 11) is -1.07. The van der Waals surface area contributed by atoms with Crippen molar-refractivity contribution in [1.29, 1.82) is 0 Å². The highest BCUT2D eigenvalue weighted by molar-refractivity contribution is 7.84. The van der Waals surface area contributed by atoms with Crippen LogP contribution in [0, 0.1) is 6.92 Å². The molecule has 0 bridgehead atoms. The molecule has 2 aromatic rings. The number of nitrogens with two attached hydrogens (primary N) is 1. The summed E-state index contributed by atoms with van der Waals surface area (Å²) in [6.45, 7) is 3.96. The van der Waals surface area contributed by atoms with Crippen LogP contribution in [0.2, 0.25) is 5.02 Å². The summed E-state index contributed by atoms with van der Waals surface area (Å²) in [4.78, 5) is 0. The van der Waals surface area contributed by atoms with Gasteiger partial charge in [-0.15, -0.1) is 0 Å². The molecule has 0 radical (unpaired) electrons. The topological polar surface area (TPSA) is 43.1 Å². The highest BCUT2D eigenvalue weighted by Gasteiger charge is 2.21. The third kappa shape index (κ3) is 4.16. The first-order chi connectivity index (χ1) is 9.99. The van der Waals surface area contributed by atoms with Crippen LogP contribution in [0.1, 0.15) is 29.7 Å². The lowest BCUT2D eigenvalue weighted by molar-refractivity contribution is 0.642. The fourth-order valence-electron chi connectivity index (χ4n) is 2.12. The van der Waals surface area contributed by atoms with Crippen molar-refractivity contribution in [3.05, 3.63) is 70.2 Å². The summed E-state index contributed by atoms with van der Waals surface area (Å²) in [6.07, 6.45) is 0. The molecule has 112 valence electrons. The van der Waals surface area contributed by atoms with E-state index in [0.29, 0.717) is 10.8 Å². The minimum atomic E-state index is -1.07. The molecule has 2 nitrogen and oxygen atoms in total. The summed E-state index contributed by atoms with van der Waals surface area (Å²) in [5.41, 5.74) is 9.36. The summed E-state index contributed by atoms with van der Waals surface area (Å²) in [6, 6.07) is 15.3. The zero-order chi connectivity index (χ0) is 15.4. The van der Waals surface area contributed by atoms with Gasteiger partial charge in [0.1, 0.15) is 0 Å². The summed E-state index contributed by atoms with van der Waals surface area (Å²) < 4.78 is 12.5. The SMILES string of the molecule is Cc1ccc(C(N)C(C)S(=O)Cc2ccccc2Cl)cc1. The molecular formula is C17H20ClNOS. The van der Waals surface area contributed by atoms with Crippen molar-refractivity contribution in [2.45, 2.75) is 30.9 Å². The number of benzene rings is 2. The second kappa shape index (κ2) is 7.21. The molecular weight excluding hydrogens is 302 g/mol. The fraction of sp³-hybridized carbons (Fsp3) is 0.294. The standard InChI is InChI=1S/C17H20ClNOS/c1-12-7-9-14(10-8-12)17(19)13(2)21(20)11-15-5-3-4-6-16(15)18/h3-10,13,17H,11,19H2,1-2H3. The summed E-state index contributed by atoms with van der Waals surface area (Å²) >= 11 is 6.12. The van der Waals surface area contributed by atoms with E-state index in [-0.39, 0.29) is 11.3 Å². The molecule has 2 rings (SSSR count). The van der Waals surface area contributed by atoms with Crippen molar-refractivity contribution in [1.82, 2.24) is 0 Å². The first kappa shape index (κ1) is 16.2. The predicted octanol–water partition coefficient (Wildman–Crippen LogP) is 3.99. The minimum absolute atomic E-state index is 0.135. The van der Waals surface area contributed by atoms with Crippen LogP contribution in [-0.2, 0) is 16.6 Å². The van der Waals surface area contributed by atoms with Crippen molar-refractivity contribution in [3.8, 4) is 0 Å². The monoisotopic (exact) mass is 321 g/mol. The Balaban J connectivity index is 2.08. The molecule has 0 heterocycles. The Morgan fingerprint density at radius 1 is 1.14 bits per heavy atom. The first-order valence-electron chi connectivity index (χ1n) is 6.91. The van der Waals surface area contributed by atoms with Crippen LogP contribution in [0.3, 0.4) is 0 Å². The number of rotatable bonds is 5. The molecule has 2 N–H and O–H groups in total. The van der Waals surface area contributed by atoms with E-state index >= 15 is 0 Å². The predicted molar refractivity (Wildman–Crippen MR) is 90.9 cm³/mol. The molecule has 4 heteroatoms. The average molecular weight is 322 g/mol. The van der Waals surface area contributed by atoms with Gasteiger partial charge >= 0.3 is 0 Å². The molecule has 0 saturated heterocycles. The Morgan fingerprint density at radius 2 is 1.76 bits per heavy atom. The molecule has 21 heavy (non-hydrogen) atoms. The van der Waals surface area contributed by atoms with E-state index in [1.807, 2.05) is 62.4 Å². The van der Waals surface area contributed by atoms with Gasteiger partial charge in [-0.3, -0.25) is 4.21 Å². The Labute approximate surface area is 133 Å². The van der Waals surface area contributed by atoms with E-state index in [9.17, 15) is 4.21 Å². The average Bonchev–Trinajstić information content (AvgIpc) is 2.49. The number of halogens is 1. The van der Waals surface area contributed by atoms with E-state index < -0.39 is 10.8 Å². The second-order valence-electron chi connectivity index (χ2n) is 5.26. The van der Waals surface area contributed by atoms with Gasteiger partial charge in [0, 0.05) is 21.9 Å². The fourth-order valence-corrected chi connectivity index (χ4v) is 3.71. The zero-order valence-corrected chi connectivity index (χ0v) is 13.8. The Kier molecular flexibility index (Phi) is 5.57. The maximum atomic E-state index is 12.5. The van der Waals surface area contributed by atoms with Crippen molar-refractivity contribution >= 4 is 22.4 Å². The van der Waals surface area contributed by atoms with Gasteiger partial charge in [0.25, 0.3) is 0 Å². The van der Waals surface area contributed by atoms with Crippen LogP contribution < -0.4 is 5.73 Å². The van der Waals surface area contributed by atoms with Crippen molar-refractivity contribution in [3.63, 3.8) is 0 Å². The van der Waals surface area contributed by atoms with Gasteiger partial charge in [-0.05, 0) is 31.0 Å². The van der Waals surface area contributed by atoms with Gasteiger partial charge in [-0.2, -0.15) is 0 Å². The molecule has 0 spiro atoms. The highest BCUT2D eigenvalue weighted by Crippen LogP contribution is 2.23. The van der Waals surface area contributed by atoms with E-state index in [1.54, 1.807) is 0 Å². The molecule has 2 aromatic carbocycles. The van der Waals surface area contributed by atoms with Crippen molar-refractivity contribution in [2.24, 2.45) is 5.73 Å². The Hall–Kier alpha value is -1.16. The van der Waals surface area contributed by atoms with Crippen LogP contribution in [0.25, 0.3) is 0 Å². The van der Waals surface area contributed by atoms with Gasteiger partial charge in [-0.25, -0.2) is 0 Å². The van der Waals surface area contributed by atoms with Crippen molar-refractivity contribution in [2.75, 3.05) is 0 Å². The van der Waals surface area contributed by atoms with E-state index in [1.165, 1.54) is 5.56 Å². The minimum Gasteiger partial charge on any atom is -0.323 e. The van der Waals surface area contributed by atoms with E-state index in [0.717, 1.165) is 11.1 Å². The lowest BCUT2D eigenvalue weighted by Gasteiger charge is -2.20.